The Morgan fingerprint density at radius 2 is 1.67 bits per heavy atom. The summed E-state index contributed by atoms with van der Waals surface area (Å²) in [5, 5.41) is 0.738. The van der Waals surface area contributed by atoms with Crippen LogP contribution in [0, 0.1) is 0 Å². The summed E-state index contributed by atoms with van der Waals surface area (Å²) in [6.45, 7) is 0. The molecule has 3 rings (SSSR count). The van der Waals surface area contributed by atoms with Crippen LogP contribution in [0.3, 0.4) is 0 Å². The summed E-state index contributed by atoms with van der Waals surface area (Å²) in [7, 11) is -3.30. The fourth-order valence-electron chi connectivity index (χ4n) is 2.38. The average molecular weight is 344 g/mol. The first kappa shape index (κ1) is 16.0. The molecule has 0 saturated heterocycles. The highest BCUT2D eigenvalue weighted by Crippen LogP contribution is 2.28. The topological polar surface area (TPSA) is 136 Å². The fraction of sp³-hybridized carbons (Fsp3) is 0.0667. The van der Waals surface area contributed by atoms with E-state index >= 15 is 0 Å². The molecule has 0 fully saturated rings. The quantitative estimate of drug-likeness (QED) is 0.416. The Labute approximate surface area is 138 Å². The van der Waals surface area contributed by atoms with E-state index in [-0.39, 0.29) is 5.95 Å². The fourth-order valence-corrected chi connectivity index (χ4v) is 2.95. The zero-order valence-electron chi connectivity index (χ0n) is 12.8. The van der Waals surface area contributed by atoms with Gasteiger partial charge in [-0.3, -0.25) is 4.72 Å². The Morgan fingerprint density at radius 3 is 2.29 bits per heavy atom. The third-order valence-corrected chi connectivity index (χ3v) is 3.98. The van der Waals surface area contributed by atoms with Crippen LogP contribution in [0.2, 0.25) is 0 Å². The third-order valence-electron chi connectivity index (χ3n) is 3.37. The van der Waals surface area contributed by atoms with Crippen molar-refractivity contribution in [2.45, 2.75) is 0 Å². The first-order valence-corrected chi connectivity index (χ1v) is 8.87. The molecule has 3 aromatic rings. The molecule has 9 heteroatoms. The second-order valence-corrected chi connectivity index (χ2v) is 7.01. The molecule has 0 amide bonds. The molecule has 0 aliphatic rings. The summed E-state index contributed by atoms with van der Waals surface area (Å²) in [4.78, 5) is 8.23. The van der Waals surface area contributed by atoms with Gasteiger partial charge >= 0.3 is 0 Å². The minimum absolute atomic E-state index is 0.138. The molecule has 1 heterocycles. The molecule has 0 aliphatic heterocycles. The first-order chi connectivity index (χ1) is 11.4. The maximum absolute atomic E-state index is 11.2. The molecule has 124 valence electrons. The van der Waals surface area contributed by atoms with E-state index in [0.717, 1.165) is 22.8 Å². The van der Waals surface area contributed by atoms with E-state index in [1.165, 1.54) is 0 Å². The molecule has 0 aliphatic carbocycles. The molecular weight excluding hydrogens is 328 g/mol. The Hall–Kier alpha value is -2.91. The Kier molecular flexibility index (Phi) is 3.96. The van der Waals surface area contributed by atoms with E-state index in [4.69, 9.17) is 11.6 Å². The number of fused-ring (bicyclic) bond motifs is 1. The van der Waals surface area contributed by atoms with Crippen LogP contribution >= 0.6 is 0 Å². The van der Waals surface area contributed by atoms with E-state index in [1.54, 1.807) is 12.1 Å². The second kappa shape index (κ2) is 5.95. The summed E-state index contributed by atoms with van der Waals surface area (Å²) in [6, 6.07) is 12.7. The molecule has 6 N–H and O–H groups in total. The van der Waals surface area contributed by atoms with Crippen molar-refractivity contribution >= 4 is 38.4 Å². The zero-order chi connectivity index (χ0) is 17.3. The van der Waals surface area contributed by atoms with Crippen LogP contribution in [0.5, 0.6) is 0 Å². The standard InChI is InChI=1S/C15H16N6O2S/c1-24(22,23)21-11-5-2-9(3-6-11)10-4-7-13-12(8-10)14(20-17)19-15(16)18-13/h2-8,21H,17H2,1H3,(H3,16,18,19,20). The number of aromatic nitrogens is 2. The number of benzene rings is 2. The van der Waals surface area contributed by atoms with Crippen LogP contribution in [-0.2, 0) is 10.0 Å². The van der Waals surface area contributed by atoms with Gasteiger partial charge in [-0.05, 0) is 35.4 Å². The summed E-state index contributed by atoms with van der Waals surface area (Å²) in [6.07, 6.45) is 1.11. The number of hydrogen-bond donors (Lipinski definition) is 4. The summed E-state index contributed by atoms with van der Waals surface area (Å²) >= 11 is 0. The van der Waals surface area contributed by atoms with Crippen LogP contribution in [0.15, 0.2) is 42.5 Å². The van der Waals surface area contributed by atoms with Gasteiger partial charge in [-0.25, -0.2) is 19.2 Å². The number of hydrogen-bond acceptors (Lipinski definition) is 7. The van der Waals surface area contributed by atoms with E-state index < -0.39 is 10.0 Å². The molecule has 0 spiro atoms. The summed E-state index contributed by atoms with van der Waals surface area (Å²) in [5.74, 6) is 6.07. The molecule has 2 aromatic carbocycles. The van der Waals surface area contributed by atoms with Crippen molar-refractivity contribution in [1.29, 1.82) is 0 Å². The van der Waals surface area contributed by atoms with Gasteiger partial charge in [0.25, 0.3) is 0 Å². The van der Waals surface area contributed by atoms with Gasteiger partial charge < -0.3 is 11.2 Å². The molecule has 0 radical (unpaired) electrons. The molecule has 0 saturated carbocycles. The first-order valence-electron chi connectivity index (χ1n) is 6.98. The largest absolute Gasteiger partial charge is 0.368 e. The van der Waals surface area contributed by atoms with Gasteiger partial charge in [-0.2, -0.15) is 4.98 Å². The van der Waals surface area contributed by atoms with Crippen LogP contribution in [0.1, 0.15) is 0 Å². The van der Waals surface area contributed by atoms with E-state index in [0.29, 0.717) is 17.0 Å². The van der Waals surface area contributed by atoms with Crippen molar-refractivity contribution < 1.29 is 8.42 Å². The number of nitrogens with one attached hydrogen (secondary N) is 2. The van der Waals surface area contributed by atoms with Crippen molar-refractivity contribution in [2.24, 2.45) is 5.84 Å². The normalized spacial score (nSPS) is 11.4. The number of anilines is 3. The number of nitrogen functional groups attached to an aromatic ring is 2. The van der Waals surface area contributed by atoms with Crippen LogP contribution in [0.25, 0.3) is 22.0 Å². The lowest BCUT2D eigenvalue weighted by atomic mass is 10.0. The Morgan fingerprint density at radius 1 is 1.00 bits per heavy atom. The molecular formula is C15H16N6O2S. The average Bonchev–Trinajstić information content (AvgIpc) is 2.53. The minimum atomic E-state index is -3.30. The predicted octanol–water partition coefficient (Wildman–Crippen LogP) is 1.54. The Balaban J connectivity index is 2.02. The van der Waals surface area contributed by atoms with Crippen molar-refractivity contribution in [3.05, 3.63) is 42.5 Å². The third kappa shape index (κ3) is 3.36. The van der Waals surface area contributed by atoms with Gasteiger partial charge in [-0.1, -0.05) is 18.2 Å². The number of sulfonamides is 1. The lowest BCUT2D eigenvalue weighted by Gasteiger charge is -2.09. The number of hydrazine groups is 1. The van der Waals surface area contributed by atoms with Crippen LogP contribution in [-0.4, -0.2) is 24.6 Å². The maximum atomic E-state index is 11.2. The molecule has 0 atom stereocenters. The van der Waals surface area contributed by atoms with Gasteiger partial charge in [0.2, 0.25) is 16.0 Å². The van der Waals surface area contributed by atoms with Gasteiger partial charge in [0.05, 0.1) is 11.8 Å². The highest BCUT2D eigenvalue weighted by Gasteiger charge is 2.08. The summed E-state index contributed by atoms with van der Waals surface area (Å²) in [5.41, 5.74) is 11.2. The Bertz CT molecular complexity index is 1000. The molecule has 0 bridgehead atoms. The van der Waals surface area contributed by atoms with Gasteiger partial charge in [0.15, 0.2) is 5.82 Å². The minimum Gasteiger partial charge on any atom is -0.368 e. The summed E-state index contributed by atoms with van der Waals surface area (Å²) < 4.78 is 24.9. The monoisotopic (exact) mass is 344 g/mol. The molecule has 0 unspecified atom stereocenters. The molecule has 8 nitrogen and oxygen atoms in total. The SMILES string of the molecule is CS(=O)(=O)Nc1ccc(-c2ccc3nc(N)nc(NN)c3c2)cc1. The maximum Gasteiger partial charge on any atom is 0.229 e. The number of nitrogens with zero attached hydrogens (tertiary/aromatic N) is 2. The van der Waals surface area contributed by atoms with E-state index in [2.05, 4.69) is 20.1 Å². The van der Waals surface area contributed by atoms with Gasteiger partial charge in [-0.15, -0.1) is 0 Å². The highest BCUT2D eigenvalue weighted by atomic mass is 32.2. The van der Waals surface area contributed by atoms with Crippen molar-refractivity contribution in [1.82, 2.24) is 9.97 Å². The van der Waals surface area contributed by atoms with Gasteiger partial charge in [0, 0.05) is 11.1 Å². The predicted molar refractivity (Wildman–Crippen MR) is 95.7 cm³/mol. The number of nitrogens with two attached hydrogens (primary N) is 2. The number of rotatable bonds is 4. The highest BCUT2D eigenvalue weighted by molar-refractivity contribution is 7.92. The second-order valence-electron chi connectivity index (χ2n) is 5.26. The van der Waals surface area contributed by atoms with Crippen LogP contribution < -0.4 is 21.7 Å². The lowest BCUT2D eigenvalue weighted by Crippen LogP contribution is -2.11. The van der Waals surface area contributed by atoms with Gasteiger partial charge in [0.1, 0.15) is 0 Å². The van der Waals surface area contributed by atoms with Crippen molar-refractivity contribution in [3.63, 3.8) is 0 Å². The van der Waals surface area contributed by atoms with E-state index in [1.807, 2.05) is 30.3 Å². The smallest absolute Gasteiger partial charge is 0.229 e. The van der Waals surface area contributed by atoms with Crippen molar-refractivity contribution in [3.8, 4) is 11.1 Å². The lowest BCUT2D eigenvalue weighted by molar-refractivity contribution is 0.607. The molecule has 1 aromatic heterocycles. The zero-order valence-corrected chi connectivity index (χ0v) is 13.6. The van der Waals surface area contributed by atoms with Crippen LogP contribution in [0.4, 0.5) is 17.5 Å². The van der Waals surface area contributed by atoms with E-state index in [9.17, 15) is 8.42 Å². The molecule has 24 heavy (non-hydrogen) atoms. The van der Waals surface area contributed by atoms with Crippen molar-refractivity contribution in [2.75, 3.05) is 22.1 Å².